The van der Waals surface area contributed by atoms with Crippen LogP contribution in [0.3, 0.4) is 0 Å². The predicted molar refractivity (Wildman–Crippen MR) is 109 cm³/mol. The lowest BCUT2D eigenvalue weighted by atomic mass is 9.70. The molecule has 0 fully saturated rings. The van der Waals surface area contributed by atoms with Crippen molar-refractivity contribution >= 4 is 11.6 Å². The minimum atomic E-state index is -0.182. The van der Waals surface area contributed by atoms with E-state index in [1.807, 2.05) is 26.0 Å². The Morgan fingerprint density at radius 1 is 0.654 bits per heavy atom. The molecular weight excluding hydrogens is 320 g/mol. The zero-order valence-electron chi connectivity index (χ0n) is 17.4. The smallest absolute Gasteiger partial charge is 0.185 e. The molecule has 0 amide bonds. The van der Waals surface area contributed by atoms with Crippen LogP contribution in [0.5, 0.6) is 0 Å². The molecule has 140 valence electrons. The zero-order valence-corrected chi connectivity index (χ0v) is 17.4. The van der Waals surface area contributed by atoms with Crippen LogP contribution in [0.1, 0.15) is 55.4 Å². The highest BCUT2D eigenvalue weighted by atomic mass is 16.1. The standard InChI is InChI=1S/C24H32O2/c1-15-11-17(12-16(2)21(15)25)9-10-18-13-19(23(3,4)5)22(26)20(14-18)24(6,7)8/h9-14,17-18H,1-8H3/b10-9+. The Morgan fingerprint density at radius 2 is 1.00 bits per heavy atom. The van der Waals surface area contributed by atoms with Crippen LogP contribution in [0.15, 0.2) is 58.7 Å². The van der Waals surface area contributed by atoms with Crippen molar-refractivity contribution < 1.29 is 9.59 Å². The molecule has 0 heterocycles. The highest BCUT2D eigenvalue weighted by molar-refractivity contribution is 6.10. The van der Waals surface area contributed by atoms with Crippen LogP contribution in [-0.4, -0.2) is 11.6 Å². The van der Waals surface area contributed by atoms with E-state index in [9.17, 15) is 9.59 Å². The number of hydrogen-bond donors (Lipinski definition) is 0. The number of carbonyl (C=O) groups excluding carboxylic acids is 2. The molecule has 2 nitrogen and oxygen atoms in total. The molecule has 0 aromatic carbocycles. The lowest BCUT2D eigenvalue weighted by Gasteiger charge is -2.32. The second kappa shape index (κ2) is 6.98. The molecule has 0 N–H and O–H groups in total. The molecular formula is C24H32O2. The summed E-state index contributed by atoms with van der Waals surface area (Å²) >= 11 is 0. The molecule has 26 heavy (non-hydrogen) atoms. The van der Waals surface area contributed by atoms with E-state index in [1.165, 1.54) is 0 Å². The molecule has 0 spiro atoms. The topological polar surface area (TPSA) is 34.1 Å². The van der Waals surface area contributed by atoms with Crippen LogP contribution in [-0.2, 0) is 9.59 Å². The second-order valence-electron chi connectivity index (χ2n) is 9.56. The van der Waals surface area contributed by atoms with E-state index in [4.69, 9.17) is 0 Å². The first-order valence-corrected chi connectivity index (χ1v) is 9.40. The van der Waals surface area contributed by atoms with Crippen molar-refractivity contribution in [1.29, 1.82) is 0 Å². The number of hydrogen-bond acceptors (Lipinski definition) is 2. The molecule has 0 saturated heterocycles. The molecule has 0 bridgehead atoms. The van der Waals surface area contributed by atoms with Gasteiger partial charge in [0.15, 0.2) is 11.6 Å². The van der Waals surface area contributed by atoms with Crippen molar-refractivity contribution in [2.24, 2.45) is 22.7 Å². The number of Topliss-reactive ketones (excluding diaryl/α,β-unsaturated/α-hetero) is 2. The van der Waals surface area contributed by atoms with Gasteiger partial charge in [0, 0.05) is 23.0 Å². The van der Waals surface area contributed by atoms with Gasteiger partial charge < -0.3 is 0 Å². The fourth-order valence-electron chi connectivity index (χ4n) is 3.48. The number of allylic oxidation sites excluding steroid dienone is 10. The normalized spacial score (nSPS) is 20.9. The van der Waals surface area contributed by atoms with Gasteiger partial charge in [-0.15, -0.1) is 0 Å². The van der Waals surface area contributed by atoms with E-state index in [0.29, 0.717) is 0 Å². The summed E-state index contributed by atoms with van der Waals surface area (Å²) in [5, 5.41) is 0. The summed E-state index contributed by atoms with van der Waals surface area (Å²) in [7, 11) is 0. The van der Waals surface area contributed by atoms with E-state index in [2.05, 4.69) is 65.8 Å². The highest BCUT2D eigenvalue weighted by Gasteiger charge is 2.34. The van der Waals surface area contributed by atoms with Gasteiger partial charge in [-0.25, -0.2) is 0 Å². The first-order chi connectivity index (χ1) is 11.8. The van der Waals surface area contributed by atoms with Crippen molar-refractivity contribution in [2.45, 2.75) is 55.4 Å². The summed E-state index contributed by atoms with van der Waals surface area (Å²) in [6.07, 6.45) is 12.5. The molecule has 0 saturated carbocycles. The molecule has 0 unspecified atom stereocenters. The van der Waals surface area contributed by atoms with Gasteiger partial charge in [-0.3, -0.25) is 9.59 Å². The summed E-state index contributed by atoms with van der Waals surface area (Å²) in [6.45, 7) is 16.3. The van der Waals surface area contributed by atoms with Crippen LogP contribution in [0.25, 0.3) is 0 Å². The van der Waals surface area contributed by atoms with Gasteiger partial charge in [0.1, 0.15) is 0 Å². The van der Waals surface area contributed by atoms with E-state index in [1.54, 1.807) is 0 Å². The summed E-state index contributed by atoms with van der Waals surface area (Å²) < 4.78 is 0. The van der Waals surface area contributed by atoms with Gasteiger partial charge in [0.2, 0.25) is 0 Å². The van der Waals surface area contributed by atoms with Crippen LogP contribution in [0.2, 0.25) is 0 Å². The van der Waals surface area contributed by atoms with Gasteiger partial charge in [0.25, 0.3) is 0 Å². The highest BCUT2D eigenvalue weighted by Crippen LogP contribution is 2.39. The Bertz CT molecular complexity index is 712. The van der Waals surface area contributed by atoms with Crippen LogP contribution >= 0.6 is 0 Å². The third kappa shape index (κ3) is 4.41. The average molecular weight is 353 g/mol. The first-order valence-electron chi connectivity index (χ1n) is 9.40. The van der Waals surface area contributed by atoms with E-state index >= 15 is 0 Å². The number of carbonyl (C=O) groups is 2. The zero-order chi connectivity index (χ0) is 19.9. The van der Waals surface area contributed by atoms with Gasteiger partial charge in [-0.2, -0.15) is 0 Å². The molecule has 0 atom stereocenters. The third-order valence-corrected chi connectivity index (χ3v) is 4.98. The van der Waals surface area contributed by atoms with Crippen molar-refractivity contribution in [3.8, 4) is 0 Å². The molecule has 2 heteroatoms. The minimum Gasteiger partial charge on any atom is -0.289 e. The van der Waals surface area contributed by atoms with Gasteiger partial charge in [0.05, 0.1) is 0 Å². The van der Waals surface area contributed by atoms with Crippen molar-refractivity contribution in [3.63, 3.8) is 0 Å². The van der Waals surface area contributed by atoms with Gasteiger partial charge in [-0.05, 0) is 35.8 Å². The molecule has 0 aromatic rings. The third-order valence-electron chi connectivity index (χ3n) is 4.98. The van der Waals surface area contributed by atoms with Gasteiger partial charge in [-0.1, -0.05) is 78.0 Å². The molecule has 2 aliphatic carbocycles. The SMILES string of the molecule is CC1=CC(/C=C/C2C=C(C(C)(C)C)C(=O)C(C(C)(C)C)=C2)C=C(C)C1=O. The van der Waals surface area contributed by atoms with Crippen molar-refractivity contribution in [2.75, 3.05) is 0 Å². The maximum Gasteiger partial charge on any atom is 0.185 e. The Kier molecular flexibility index (Phi) is 5.46. The number of ketones is 2. The summed E-state index contributed by atoms with van der Waals surface area (Å²) in [5.74, 6) is 0.520. The maximum atomic E-state index is 13.0. The molecule has 0 radical (unpaired) electrons. The first kappa shape index (κ1) is 20.4. The molecule has 2 aliphatic rings. The molecule has 2 rings (SSSR count). The van der Waals surface area contributed by atoms with Crippen LogP contribution < -0.4 is 0 Å². The average Bonchev–Trinajstić information content (AvgIpc) is 2.49. The lowest BCUT2D eigenvalue weighted by Crippen LogP contribution is -2.29. The van der Waals surface area contributed by atoms with Crippen molar-refractivity contribution in [1.82, 2.24) is 0 Å². The second-order valence-corrected chi connectivity index (χ2v) is 9.56. The summed E-state index contributed by atoms with van der Waals surface area (Å²) in [4.78, 5) is 24.9. The maximum absolute atomic E-state index is 13.0. The largest absolute Gasteiger partial charge is 0.289 e. The Balaban J connectivity index is 2.37. The fraction of sp³-hybridized carbons (Fsp3) is 0.500. The Labute approximate surface area is 158 Å². The summed E-state index contributed by atoms with van der Waals surface area (Å²) in [6, 6.07) is 0. The quantitative estimate of drug-likeness (QED) is 0.591. The van der Waals surface area contributed by atoms with E-state index < -0.39 is 0 Å². The van der Waals surface area contributed by atoms with Crippen molar-refractivity contribution in [3.05, 3.63) is 58.7 Å². The Hall–Kier alpha value is -1.96. The van der Waals surface area contributed by atoms with Crippen LogP contribution in [0.4, 0.5) is 0 Å². The predicted octanol–water partition coefficient (Wildman–Crippen LogP) is 5.78. The monoisotopic (exact) mass is 352 g/mol. The number of rotatable bonds is 2. The minimum absolute atomic E-state index is 0.0937. The van der Waals surface area contributed by atoms with Gasteiger partial charge >= 0.3 is 0 Å². The summed E-state index contributed by atoms with van der Waals surface area (Å²) in [5.41, 5.74) is 3.01. The molecule has 0 aromatic heterocycles. The Morgan fingerprint density at radius 3 is 1.35 bits per heavy atom. The lowest BCUT2D eigenvalue weighted by molar-refractivity contribution is -0.114. The van der Waals surface area contributed by atoms with Crippen LogP contribution in [0, 0.1) is 22.7 Å². The fourth-order valence-corrected chi connectivity index (χ4v) is 3.48. The van der Waals surface area contributed by atoms with E-state index in [0.717, 1.165) is 22.3 Å². The molecule has 0 aliphatic heterocycles. The van der Waals surface area contributed by atoms with E-state index in [-0.39, 0.29) is 34.2 Å².